The molecule has 9 nitrogen and oxygen atoms in total. The molecule has 1 aromatic carbocycles. The summed E-state index contributed by atoms with van der Waals surface area (Å²) in [6.07, 6.45) is 0. The van der Waals surface area contributed by atoms with Gasteiger partial charge >= 0.3 is 11.8 Å². The van der Waals surface area contributed by atoms with E-state index in [1.165, 1.54) is 19.2 Å². The van der Waals surface area contributed by atoms with Crippen LogP contribution >= 0.6 is 0 Å². The minimum Gasteiger partial charge on any atom is -0.495 e. The van der Waals surface area contributed by atoms with Gasteiger partial charge < -0.3 is 15.4 Å². The first-order valence-corrected chi connectivity index (χ1v) is 5.28. The fourth-order valence-electron chi connectivity index (χ4n) is 1.29. The molecule has 0 fully saturated rings. The standard InChI is InChI=1S/C11H10N4O5/c1-20-9-3-2-7(15(18)19)6-8(9)14-11(17)10(16)13-5-4-12/h2-3,6H,5H2,1H3,(H,13,16)(H,14,17). The van der Waals surface area contributed by atoms with E-state index < -0.39 is 16.7 Å². The number of benzene rings is 1. The molecule has 0 aliphatic rings. The third kappa shape index (κ3) is 3.67. The van der Waals surface area contributed by atoms with E-state index in [4.69, 9.17) is 10.00 Å². The topological polar surface area (TPSA) is 134 Å². The Morgan fingerprint density at radius 3 is 2.70 bits per heavy atom. The van der Waals surface area contributed by atoms with Crippen LogP contribution in [0.3, 0.4) is 0 Å². The smallest absolute Gasteiger partial charge is 0.313 e. The number of anilines is 1. The summed E-state index contributed by atoms with van der Waals surface area (Å²) in [5, 5.41) is 23.1. The van der Waals surface area contributed by atoms with Gasteiger partial charge in [-0.05, 0) is 6.07 Å². The third-order valence-electron chi connectivity index (χ3n) is 2.18. The predicted molar refractivity (Wildman–Crippen MR) is 66.9 cm³/mol. The number of carbonyl (C=O) groups is 2. The maximum absolute atomic E-state index is 11.5. The largest absolute Gasteiger partial charge is 0.495 e. The molecule has 0 heterocycles. The van der Waals surface area contributed by atoms with Gasteiger partial charge in [-0.1, -0.05) is 0 Å². The number of nitriles is 1. The molecule has 0 spiro atoms. The van der Waals surface area contributed by atoms with Gasteiger partial charge in [0.1, 0.15) is 12.3 Å². The third-order valence-corrected chi connectivity index (χ3v) is 2.18. The van der Waals surface area contributed by atoms with Crippen molar-refractivity contribution < 1.29 is 19.2 Å². The van der Waals surface area contributed by atoms with Crippen molar-refractivity contribution in [3.05, 3.63) is 28.3 Å². The molecule has 0 bridgehead atoms. The molecule has 0 atom stereocenters. The van der Waals surface area contributed by atoms with Crippen molar-refractivity contribution in [2.24, 2.45) is 0 Å². The van der Waals surface area contributed by atoms with Gasteiger partial charge in [0.15, 0.2) is 0 Å². The molecule has 0 saturated carbocycles. The number of amides is 2. The lowest BCUT2D eigenvalue weighted by Gasteiger charge is -2.09. The summed E-state index contributed by atoms with van der Waals surface area (Å²) in [5.74, 6) is -1.92. The zero-order valence-corrected chi connectivity index (χ0v) is 10.4. The average molecular weight is 278 g/mol. The maximum atomic E-state index is 11.5. The van der Waals surface area contributed by atoms with E-state index in [1.807, 2.05) is 5.32 Å². The van der Waals surface area contributed by atoms with E-state index in [2.05, 4.69) is 5.32 Å². The van der Waals surface area contributed by atoms with Crippen LogP contribution in [0, 0.1) is 21.4 Å². The summed E-state index contributed by atoms with van der Waals surface area (Å²) in [6, 6.07) is 5.19. The van der Waals surface area contributed by atoms with Crippen molar-refractivity contribution in [2.75, 3.05) is 19.0 Å². The van der Waals surface area contributed by atoms with Crippen LogP contribution in [0.15, 0.2) is 18.2 Å². The Bertz CT molecular complexity index is 593. The van der Waals surface area contributed by atoms with E-state index in [9.17, 15) is 19.7 Å². The van der Waals surface area contributed by atoms with Crippen molar-refractivity contribution in [1.82, 2.24) is 5.32 Å². The van der Waals surface area contributed by atoms with Gasteiger partial charge in [-0.2, -0.15) is 5.26 Å². The first kappa shape index (κ1) is 14.9. The summed E-state index contributed by atoms with van der Waals surface area (Å²) >= 11 is 0. The summed E-state index contributed by atoms with van der Waals surface area (Å²) in [4.78, 5) is 32.8. The van der Waals surface area contributed by atoms with E-state index in [0.29, 0.717) is 0 Å². The highest BCUT2D eigenvalue weighted by atomic mass is 16.6. The quantitative estimate of drug-likeness (QED) is 0.349. The lowest BCUT2D eigenvalue weighted by molar-refractivity contribution is -0.384. The van der Waals surface area contributed by atoms with Gasteiger partial charge in [-0.3, -0.25) is 19.7 Å². The monoisotopic (exact) mass is 278 g/mol. The Kier molecular flexibility index (Phi) is 4.99. The molecule has 2 amide bonds. The SMILES string of the molecule is COc1ccc([N+](=O)[O-])cc1NC(=O)C(=O)NCC#N. The van der Waals surface area contributed by atoms with Crippen molar-refractivity contribution in [3.8, 4) is 11.8 Å². The highest BCUT2D eigenvalue weighted by Gasteiger charge is 2.17. The summed E-state index contributed by atoms with van der Waals surface area (Å²) in [6.45, 7) is -0.321. The number of non-ortho nitro benzene ring substituents is 1. The Labute approximate surface area is 113 Å². The maximum Gasteiger partial charge on any atom is 0.313 e. The van der Waals surface area contributed by atoms with Gasteiger partial charge in [0.25, 0.3) is 5.69 Å². The second kappa shape index (κ2) is 6.69. The van der Waals surface area contributed by atoms with Crippen LogP contribution in [0.1, 0.15) is 0 Å². The van der Waals surface area contributed by atoms with Crippen LogP contribution in [0.5, 0.6) is 5.75 Å². The zero-order valence-electron chi connectivity index (χ0n) is 10.4. The van der Waals surface area contributed by atoms with Crippen molar-refractivity contribution >= 4 is 23.2 Å². The zero-order chi connectivity index (χ0) is 15.1. The summed E-state index contributed by atoms with van der Waals surface area (Å²) in [7, 11) is 1.31. The molecule has 1 aromatic rings. The van der Waals surface area contributed by atoms with Crippen LogP contribution in [0.25, 0.3) is 0 Å². The van der Waals surface area contributed by atoms with Gasteiger partial charge in [0.2, 0.25) is 0 Å². The average Bonchev–Trinajstić information content (AvgIpc) is 2.44. The molecule has 9 heteroatoms. The number of methoxy groups -OCH3 is 1. The van der Waals surface area contributed by atoms with Crippen LogP contribution < -0.4 is 15.4 Å². The second-order valence-electron chi connectivity index (χ2n) is 3.44. The molecular formula is C11H10N4O5. The van der Waals surface area contributed by atoms with Crippen LogP contribution in [-0.4, -0.2) is 30.4 Å². The fraction of sp³-hybridized carbons (Fsp3) is 0.182. The van der Waals surface area contributed by atoms with Gasteiger partial charge in [0, 0.05) is 12.1 Å². The molecule has 1 rings (SSSR count). The minimum absolute atomic E-state index is 0.0150. The number of carbonyl (C=O) groups excluding carboxylic acids is 2. The van der Waals surface area contributed by atoms with Crippen LogP contribution in [-0.2, 0) is 9.59 Å². The number of nitrogens with one attached hydrogen (secondary N) is 2. The number of nitrogens with zero attached hydrogens (tertiary/aromatic N) is 2. The Morgan fingerprint density at radius 1 is 1.45 bits per heavy atom. The van der Waals surface area contributed by atoms with E-state index in [0.717, 1.165) is 6.07 Å². The number of nitro groups is 1. The summed E-state index contributed by atoms with van der Waals surface area (Å²) in [5.41, 5.74) is -0.280. The van der Waals surface area contributed by atoms with Gasteiger partial charge in [0.05, 0.1) is 23.8 Å². The van der Waals surface area contributed by atoms with Crippen molar-refractivity contribution in [3.63, 3.8) is 0 Å². The number of rotatable bonds is 4. The fourth-order valence-corrected chi connectivity index (χ4v) is 1.29. The Balaban J connectivity index is 2.92. The number of hydrogen-bond acceptors (Lipinski definition) is 6. The predicted octanol–water partition coefficient (Wildman–Crippen LogP) is 0.182. The number of nitro benzene ring substituents is 1. The Morgan fingerprint density at radius 2 is 2.15 bits per heavy atom. The lowest BCUT2D eigenvalue weighted by Crippen LogP contribution is -2.35. The highest BCUT2D eigenvalue weighted by Crippen LogP contribution is 2.28. The summed E-state index contributed by atoms with van der Waals surface area (Å²) < 4.78 is 4.92. The van der Waals surface area contributed by atoms with Gasteiger partial charge in [-0.15, -0.1) is 0 Å². The molecule has 0 saturated heterocycles. The lowest BCUT2D eigenvalue weighted by atomic mass is 10.2. The molecule has 0 radical (unpaired) electrons. The molecule has 0 aromatic heterocycles. The van der Waals surface area contributed by atoms with Crippen molar-refractivity contribution in [1.29, 1.82) is 5.26 Å². The molecule has 2 N–H and O–H groups in total. The molecular weight excluding hydrogens is 268 g/mol. The highest BCUT2D eigenvalue weighted by molar-refractivity contribution is 6.39. The van der Waals surface area contributed by atoms with Crippen molar-refractivity contribution in [2.45, 2.75) is 0 Å². The molecule has 104 valence electrons. The molecule has 0 aliphatic heterocycles. The normalized spacial score (nSPS) is 9.20. The molecule has 0 unspecified atom stereocenters. The number of hydrogen-bond donors (Lipinski definition) is 2. The van der Waals surface area contributed by atoms with E-state index >= 15 is 0 Å². The van der Waals surface area contributed by atoms with Crippen LogP contribution in [0.2, 0.25) is 0 Å². The molecule has 20 heavy (non-hydrogen) atoms. The minimum atomic E-state index is -1.06. The number of ether oxygens (including phenoxy) is 1. The second-order valence-corrected chi connectivity index (χ2v) is 3.44. The molecule has 0 aliphatic carbocycles. The first-order valence-electron chi connectivity index (χ1n) is 5.28. The van der Waals surface area contributed by atoms with Gasteiger partial charge in [-0.25, -0.2) is 0 Å². The van der Waals surface area contributed by atoms with E-state index in [1.54, 1.807) is 6.07 Å². The Hall–Kier alpha value is -3.15. The first-order chi connectivity index (χ1) is 9.49. The van der Waals surface area contributed by atoms with Crippen LogP contribution in [0.4, 0.5) is 11.4 Å². The van der Waals surface area contributed by atoms with E-state index in [-0.39, 0.29) is 23.7 Å².